The number of benzene rings is 2. The first-order chi connectivity index (χ1) is 8.34. The van der Waals surface area contributed by atoms with Gasteiger partial charge in [-0.3, -0.25) is 0 Å². The molecule has 0 bridgehead atoms. The van der Waals surface area contributed by atoms with Crippen molar-refractivity contribution in [2.24, 2.45) is 0 Å². The Morgan fingerprint density at radius 3 is 2.65 bits per heavy atom. The van der Waals surface area contributed by atoms with Crippen LogP contribution < -0.4 is 4.90 Å². The first kappa shape index (κ1) is 10.7. The molecule has 0 saturated heterocycles. The van der Waals surface area contributed by atoms with E-state index in [4.69, 9.17) is 0 Å². The normalized spacial score (nSPS) is 14.5. The largest absolute Gasteiger partial charge is 0.358 e. The second-order valence-corrected chi connectivity index (χ2v) is 5.33. The minimum atomic E-state index is 1.02. The zero-order valence-electron chi connectivity index (χ0n) is 9.89. The molecule has 2 aromatic rings. The van der Waals surface area contributed by atoms with Crippen LogP contribution in [0.1, 0.15) is 11.1 Å². The number of para-hydroxylation sites is 1. The van der Waals surface area contributed by atoms with Crippen LogP contribution in [0.2, 0.25) is 0 Å². The smallest absolute Gasteiger partial charge is 0.0689 e. The fraction of sp³-hybridized carbons (Fsp3) is 0.200. The van der Waals surface area contributed by atoms with Crippen LogP contribution in [0.4, 0.5) is 5.69 Å². The Morgan fingerprint density at radius 2 is 1.82 bits per heavy atom. The summed E-state index contributed by atoms with van der Waals surface area (Å²) in [6.45, 7) is 3.22. The van der Waals surface area contributed by atoms with Crippen LogP contribution in [0.5, 0.6) is 0 Å². The van der Waals surface area contributed by atoms with Crippen molar-refractivity contribution in [1.82, 2.24) is 0 Å². The summed E-state index contributed by atoms with van der Waals surface area (Å²) in [5, 5.41) is 0. The predicted molar refractivity (Wildman–Crippen MR) is 74.5 cm³/mol. The summed E-state index contributed by atoms with van der Waals surface area (Å²) in [5.41, 5.74) is 4.16. The number of hydrogen-bond donors (Lipinski definition) is 0. The third-order valence-corrected chi connectivity index (χ3v) is 4.45. The van der Waals surface area contributed by atoms with E-state index in [9.17, 15) is 0 Å². The molecule has 0 unspecified atom stereocenters. The highest BCUT2D eigenvalue weighted by Crippen LogP contribution is 2.34. The number of thioether (sulfide) groups is 1. The maximum atomic E-state index is 2.42. The average Bonchev–Trinajstić information content (AvgIpc) is 2.40. The molecule has 0 atom stereocenters. The molecule has 86 valence electrons. The van der Waals surface area contributed by atoms with Crippen LogP contribution in [0.3, 0.4) is 0 Å². The van der Waals surface area contributed by atoms with Crippen molar-refractivity contribution >= 4 is 17.4 Å². The summed E-state index contributed by atoms with van der Waals surface area (Å²) in [6, 6.07) is 17.2. The Morgan fingerprint density at radius 1 is 1.00 bits per heavy atom. The maximum Gasteiger partial charge on any atom is 0.0689 e. The number of nitrogens with zero attached hydrogens (tertiary/aromatic N) is 1. The molecule has 0 saturated carbocycles. The zero-order chi connectivity index (χ0) is 11.7. The molecule has 2 aromatic carbocycles. The SMILES string of the molecule is Cc1cccc2c1SCN(c1ccccc1)C2. The summed E-state index contributed by atoms with van der Waals surface area (Å²) in [5.74, 6) is 1.04. The van der Waals surface area contributed by atoms with Crippen LogP contribution in [0.15, 0.2) is 53.4 Å². The fourth-order valence-corrected chi connectivity index (χ4v) is 3.38. The van der Waals surface area contributed by atoms with Crippen molar-refractivity contribution in [3.63, 3.8) is 0 Å². The zero-order valence-corrected chi connectivity index (χ0v) is 10.7. The van der Waals surface area contributed by atoms with Gasteiger partial charge in [0.15, 0.2) is 0 Å². The monoisotopic (exact) mass is 241 g/mol. The van der Waals surface area contributed by atoms with Crippen molar-refractivity contribution in [2.45, 2.75) is 18.4 Å². The van der Waals surface area contributed by atoms with E-state index in [1.54, 1.807) is 0 Å². The molecule has 1 aliphatic heterocycles. The van der Waals surface area contributed by atoms with E-state index in [0.717, 1.165) is 12.4 Å². The summed E-state index contributed by atoms with van der Waals surface area (Å²) in [6.07, 6.45) is 0. The number of hydrogen-bond acceptors (Lipinski definition) is 2. The highest BCUT2D eigenvalue weighted by molar-refractivity contribution is 7.99. The molecular formula is C15H15NS. The lowest BCUT2D eigenvalue weighted by Crippen LogP contribution is -2.25. The third kappa shape index (κ3) is 2.05. The maximum absolute atomic E-state index is 2.42. The summed E-state index contributed by atoms with van der Waals surface area (Å²) in [7, 11) is 0. The molecule has 0 spiro atoms. The van der Waals surface area contributed by atoms with E-state index < -0.39 is 0 Å². The first-order valence-corrected chi connectivity index (χ1v) is 6.84. The van der Waals surface area contributed by atoms with Gasteiger partial charge < -0.3 is 4.90 Å². The summed E-state index contributed by atoms with van der Waals surface area (Å²) >= 11 is 1.94. The minimum Gasteiger partial charge on any atom is -0.358 e. The average molecular weight is 241 g/mol. The molecular weight excluding hydrogens is 226 g/mol. The van der Waals surface area contributed by atoms with Gasteiger partial charge in [0.2, 0.25) is 0 Å². The van der Waals surface area contributed by atoms with Crippen molar-refractivity contribution < 1.29 is 0 Å². The highest BCUT2D eigenvalue weighted by Gasteiger charge is 2.17. The molecule has 0 radical (unpaired) electrons. The second kappa shape index (κ2) is 4.46. The van der Waals surface area contributed by atoms with Gasteiger partial charge in [0.25, 0.3) is 0 Å². The summed E-state index contributed by atoms with van der Waals surface area (Å²) in [4.78, 5) is 3.89. The topological polar surface area (TPSA) is 3.24 Å². The molecule has 2 heteroatoms. The van der Waals surface area contributed by atoms with Crippen LogP contribution in [0, 0.1) is 6.92 Å². The molecule has 0 aliphatic carbocycles. The van der Waals surface area contributed by atoms with Gasteiger partial charge in [-0.05, 0) is 30.2 Å². The van der Waals surface area contributed by atoms with Gasteiger partial charge in [-0.2, -0.15) is 0 Å². The van der Waals surface area contributed by atoms with Gasteiger partial charge in [-0.15, -0.1) is 11.8 Å². The standard InChI is InChI=1S/C15H15NS/c1-12-6-5-7-13-10-16(11-17-15(12)13)14-8-3-2-4-9-14/h2-9H,10-11H2,1H3. The van der Waals surface area contributed by atoms with Gasteiger partial charge in [0.05, 0.1) is 5.88 Å². The lowest BCUT2D eigenvalue weighted by atomic mass is 10.1. The molecule has 1 aliphatic rings. The number of aryl methyl sites for hydroxylation is 1. The molecule has 0 aromatic heterocycles. The van der Waals surface area contributed by atoms with E-state index in [2.05, 4.69) is 60.4 Å². The molecule has 1 nitrogen and oxygen atoms in total. The van der Waals surface area contributed by atoms with Crippen LogP contribution >= 0.6 is 11.8 Å². The lowest BCUT2D eigenvalue weighted by Gasteiger charge is -2.30. The number of rotatable bonds is 1. The fourth-order valence-electron chi connectivity index (χ4n) is 2.24. The van der Waals surface area contributed by atoms with E-state index in [0.29, 0.717) is 0 Å². The lowest BCUT2D eigenvalue weighted by molar-refractivity contribution is 0.861. The van der Waals surface area contributed by atoms with Gasteiger partial charge in [-0.1, -0.05) is 36.4 Å². The van der Waals surface area contributed by atoms with Crippen molar-refractivity contribution in [1.29, 1.82) is 0 Å². The van der Waals surface area contributed by atoms with Gasteiger partial charge in [0, 0.05) is 17.1 Å². The molecule has 0 amide bonds. The van der Waals surface area contributed by atoms with Crippen molar-refractivity contribution in [2.75, 3.05) is 10.8 Å². The summed E-state index contributed by atoms with van der Waals surface area (Å²) < 4.78 is 0. The molecule has 1 heterocycles. The van der Waals surface area contributed by atoms with Gasteiger partial charge in [0.1, 0.15) is 0 Å². The number of anilines is 1. The quantitative estimate of drug-likeness (QED) is 0.740. The van der Waals surface area contributed by atoms with E-state index in [-0.39, 0.29) is 0 Å². The predicted octanol–water partition coefficient (Wildman–Crippen LogP) is 4.06. The van der Waals surface area contributed by atoms with Crippen LogP contribution in [-0.2, 0) is 6.54 Å². The second-order valence-electron chi connectivity index (χ2n) is 4.37. The Kier molecular flexibility index (Phi) is 2.81. The molecule has 3 rings (SSSR count). The van der Waals surface area contributed by atoms with Gasteiger partial charge in [-0.25, -0.2) is 0 Å². The highest BCUT2D eigenvalue weighted by atomic mass is 32.2. The first-order valence-electron chi connectivity index (χ1n) is 5.86. The Balaban J connectivity index is 1.91. The molecule has 17 heavy (non-hydrogen) atoms. The Bertz CT molecular complexity index is 522. The van der Waals surface area contributed by atoms with E-state index in [1.165, 1.54) is 21.7 Å². The van der Waals surface area contributed by atoms with Crippen LogP contribution in [-0.4, -0.2) is 5.88 Å². The molecule has 0 N–H and O–H groups in total. The van der Waals surface area contributed by atoms with E-state index in [1.807, 2.05) is 11.8 Å². The Labute approximate surface area is 106 Å². The number of fused-ring (bicyclic) bond motifs is 1. The van der Waals surface area contributed by atoms with Gasteiger partial charge >= 0.3 is 0 Å². The minimum absolute atomic E-state index is 1.02. The molecule has 0 fully saturated rings. The Hall–Kier alpha value is -1.41. The van der Waals surface area contributed by atoms with E-state index >= 15 is 0 Å². The van der Waals surface area contributed by atoms with Crippen molar-refractivity contribution in [3.05, 3.63) is 59.7 Å². The van der Waals surface area contributed by atoms with Crippen LogP contribution in [0.25, 0.3) is 0 Å². The van der Waals surface area contributed by atoms with Crippen molar-refractivity contribution in [3.8, 4) is 0 Å². The third-order valence-electron chi connectivity index (χ3n) is 3.14.